The minimum Gasteiger partial charge on any atom is -0.480 e. The fraction of sp³-hybridized carbons (Fsp3) is 0.529. The Labute approximate surface area is 130 Å². The van der Waals surface area contributed by atoms with Crippen molar-refractivity contribution in [3.8, 4) is 0 Å². The Morgan fingerprint density at radius 3 is 2.68 bits per heavy atom. The third-order valence-electron chi connectivity index (χ3n) is 4.03. The van der Waals surface area contributed by atoms with Crippen LogP contribution in [0.5, 0.6) is 0 Å². The average Bonchev–Trinajstić information content (AvgIpc) is 2.52. The van der Waals surface area contributed by atoms with E-state index in [2.05, 4.69) is 6.92 Å². The molecule has 0 saturated carbocycles. The minimum atomic E-state index is -0.969. The van der Waals surface area contributed by atoms with Crippen LogP contribution in [0.4, 0.5) is 0 Å². The van der Waals surface area contributed by atoms with Crippen molar-refractivity contribution in [2.24, 2.45) is 0 Å². The molecule has 0 aliphatic carbocycles. The standard InChI is InChI=1S/C17H23NO4/c1-3-4-9-22-12(2)16(19)18-11-14-8-6-5-7-13(14)10-15(18)17(20)21/h5-8,12,15H,3-4,9-11H2,1-2H3,(H,20,21). The molecule has 0 bridgehead atoms. The van der Waals surface area contributed by atoms with Crippen LogP contribution in [-0.2, 0) is 27.3 Å². The summed E-state index contributed by atoms with van der Waals surface area (Å²) in [6, 6.07) is 6.85. The number of rotatable bonds is 6. The number of carbonyl (C=O) groups excluding carboxylic acids is 1. The van der Waals surface area contributed by atoms with Gasteiger partial charge < -0.3 is 14.7 Å². The quantitative estimate of drug-likeness (QED) is 0.818. The van der Waals surface area contributed by atoms with Crippen LogP contribution in [0.25, 0.3) is 0 Å². The molecule has 1 aliphatic rings. The second kappa shape index (κ2) is 7.40. The van der Waals surface area contributed by atoms with Crippen LogP contribution < -0.4 is 0 Å². The van der Waals surface area contributed by atoms with E-state index in [0.717, 1.165) is 24.0 Å². The van der Waals surface area contributed by atoms with Crippen LogP contribution in [0.3, 0.4) is 0 Å². The van der Waals surface area contributed by atoms with Crippen LogP contribution in [0.15, 0.2) is 24.3 Å². The molecule has 5 heteroatoms. The van der Waals surface area contributed by atoms with Crippen molar-refractivity contribution in [3.05, 3.63) is 35.4 Å². The summed E-state index contributed by atoms with van der Waals surface area (Å²) >= 11 is 0. The predicted molar refractivity (Wildman–Crippen MR) is 82.4 cm³/mol. The molecule has 0 saturated heterocycles. The fourth-order valence-electron chi connectivity index (χ4n) is 2.68. The molecule has 1 aliphatic heterocycles. The van der Waals surface area contributed by atoms with Crippen molar-refractivity contribution in [2.75, 3.05) is 6.61 Å². The zero-order chi connectivity index (χ0) is 16.1. The summed E-state index contributed by atoms with van der Waals surface area (Å²) in [7, 11) is 0. The van der Waals surface area contributed by atoms with Crippen LogP contribution in [0.2, 0.25) is 0 Å². The first-order valence-electron chi connectivity index (χ1n) is 7.76. The first-order valence-corrected chi connectivity index (χ1v) is 7.76. The highest BCUT2D eigenvalue weighted by atomic mass is 16.5. The third kappa shape index (κ3) is 3.65. The largest absolute Gasteiger partial charge is 0.480 e. The smallest absolute Gasteiger partial charge is 0.326 e. The number of ether oxygens (including phenoxy) is 1. The van der Waals surface area contributed by atoms with E-state index in [1.165, 1.54) is 4.90 Å². The molecule has 0 spiro atoms. The topological polar surface area (TPSA) is 66.8 Å². The molecule has 0 aromatic heterocycles. The lowest BCUT2D eigenvalue weighted by Crippen LogP contribution is -2.51. The first kappa shape index (κ1) is 16.5. The highest BCUT2D eigenvalue weighted by Gasteiger charge is 2.36. The van der Waals surface area contributed by atoms with Gasteiger partial charge in [-0.1, -0.05) is 37.6 Å². The van der Waals surface area contributed by atoms with Gasteiger partial charge in [0, 0.05) is 19.6 Å². The molecule has 2 atom stereocenters. The normalized spacial score (nSPS) is 18.6. The maximum absolute atomic E-state index is 12.6. The lowest BCUT2D eigenvalue weighted by Gasteiger charge is -2.35. The Morgan fingerprint density at radius 1 is 1.36 bits per heavy atom. The van der Waals surface area contributed by atoms with E-state index in [1.54, 1.807) is 6.92 Å². The summed E-state index contributed by atoms with van der Waals surface area (Å²) in [5, 5.41) is 9.44. The molecule has 0 fully saturated rings. The number of carboxylic acids is 1. The molecule has 2 rings (SSSR count). The van der Waals surface area contributed by atoms with Crippen molar-refractivity contribution < 1.29 is 19.4 Å². The van der Waals surface area contributed by atoms with Gasteiger partial charge in [0.05, 0.1) is 0 Å². The second-order valence-corrected chi connectivity index (χ2v) is 5.66. The van der Waals surface area contributed by atoms with Crippen LogP contribution in [-0.4, -0.2) is 40.6 Å². The van der Waals surface area contributed by atoms with Crippen molar-refractivity contribution in [1.29, 1.82) is 0 Å². The van der Waals surface area contributed by atoms with Crippen molar-refractivity contribution in [1.82, 2.24) is 4.90 Å². The van der Waals surface area contributed by atoms with Gasteiger partial charge in [-0.25, -0.2) is 4.79 Å². The highest BCUT2D eigenvalue weighted by Crippen LogP contribution is 2.24. The number of hydrogen-bond donors (Lipinski definition) is 1. The molecule has 120 valence electrons. The predicted octanol–water partition coefficient (Wildman–Crippen LogP) is 2.23. The van der Waals surface area contributed by atoms with E-state index in [9.17, 15) is 14.7 Å². The fourth-order valence-corrected chi connectivity index (χ4v) is 2.68. The van der Waals surface area contributed by atoms with E-state index in [4.69, 9.17) is 4.74 Å². The molecule has 22 heavy (non-hydrogen) atoms. The van der Waals surface area contributed by atoms with Crippen molar-refractivity contribution in [2.45, 2.75) is 51.8 Å². The number of fused-ring (bicyclic) bond motifs is 1. The summed E-state index contributed by atoms with van der Waals surface area (Å²) < 4.78 is 5.53. The number of carboxylic acid groups (broad SMARTS) is 1. The summed E-state index contributed by atoms with van der Waals surface area (Å²) in [6.07, 6.45) is 1.62. The molecular formula is C17H23NO4. The van der Waals surface area contributed by atoms with Crippen LogP contribution in [0, 0.1) is 0 Å². The summed E-state index contributed by atoms with van der Waals surface area (Å²) in [5.74, 6) is -1.22. The van der Waals surface area contributed by atoms with Crippen molar-refractivity contribution in [3.63, 3.8) is 0 Å². The zero-order valence-electron chi connectivity index (χ0n) is 13.1. The highest BCUT2D eigenvalue weighted by molar-refractivity contribution is 5.87. The minimum absolute atomic E-state index is 0.252. The number of hydrogen-bond acceptors (Lipinski definition) is 3. The maximum atomic E-state index is 12.6. The van der Waals surface area contributed by atoms with Crippen LogP contribution in [0.1, 0.15) is 37.8 Å². The zero-order valence-corrected chi connectivity index (χ0v) is 13.1. The Kier molecular flexibility index (Phi) is 5.55. The van der Waals surface area contributed by atoms with Gasteiger partial charge in [0.25, 0.3) is 5.91 Å². The Morgan fingerprint density at radius 2 is 2.05 bits per heavy atom. The van der Waals surface area contributed by atoms with E-state index in [0.29, 0.717) is 19.6 Å². The van der Waals surface area contributed by atoms with Crippen molar-refractivity contribution >= 4 is 11.9 Å². The van der Waals surface area contributed by atoms with E-state index >= 15 is 0 Å². The number of carbonyl (C=O) groups is 2. The van der Waals surface area contributed by atoms with Gasteiger partial charge in [-0.3, -0.25) is 4.79 Å². The summed E-state index contributed by atoms with van der Waals surface area (Å²) in [6.45, 7) is 4.59. The molecule has 2 unspecified atom stereocenters. The number of unbranched alkanes of at least 4 members (excludes halogenated alkanes) is 1. The first-order chi connectivity index (χ1) is 10.5. The van der Waals surface area contributed by atoms with E-state index < -0.39 is 18.1 Å². The van der Waals surface area contributed by atoms with Crippen LogP contribution >= 0.6 is 0 Å². The number of aliphatic carboxylic acids is 1. The van der Waals surface area contributed by atoms with Gasteiger partial charge in [-0.15, -0.1) is 0 Å². The number of benzene rings is 1. The van der Waals surface area contributed by atoms with Gasteiger partial charge in [0.15, 0.2) is 0 Å². The van der Waals surface area contributed by atoms with Gasteiger partial charge in [0.1, 0.15) is 12.1 Å². The second-order valence-electron chi connectivity index (χ2n) is 5.66. The van der Waals surface area contributed by atoms with Gasteiger partial charge in [0.2, 0.25) is 0 Å². The monoisotopic (exact) mass is 305 g/mol. The third-order valence-corrected chi connectivity index (χ3v) is 4.03. The molecule has 1 aromatic carbocycles. The molecule has 1 amide bonds. The maximum Gasteiger partial charge on any atom is 0.326 e. The molecule has 1 heterocycles. The molecule has 0 radical (unpaired) electrons. The number of amides is 1. The van der Waals surface area contributed by atoms with E-state index in [-0.39, 0.29) is 5.91 Å². The SMILES string of the molecule is CCCCOC(C)C(=O)N1Cc2ccccc2CC1C(=O)O. The van der Waals surface area contributed by atoms with E-state index in [1.807, 2.05) is 24.3 Å². The Balaban J connectivity index is 2.13. The molecule has 1 N–H and O–H groups in total. The van der Waals surface area contributed by atoms with Gasteiger partial charge in [-0.2, -0.15) is 0 Å². The average molecular weight is 305 g/mol. The lowest BCUT2D eigenvalue weighted by molar-refractivity contribution is -0.157. The van der Waals surface area contributed by atoms with Gasteiger partial charge >= 0.3 is 5.97 Å². The molecule has 5 nitrogen and oxygen atoms in total. The number of nitrogens with zero attached hydrogens (tertiary/aromatic N) is 1. The Hall–Kier alpha value is -1.88. The summed E-state index contributed by atoms with van der Waals surface area (Å²) in [4.78, 5) is 25.5. The Bertz CT molecular complexity index is 543. The van der Waals surface area contributed by atoms with Gasteiger partial charge in [-0.05, 0) is 24.5 Å². The summed E-state index contributed by atoms with van der Waals surface area (Å²) in [5.41, 5.74) is 2.01. The molecule has 1 aromatic rings. The lowest BCUT2D eigenvalue weighted by atomic mass is 9.93. The molecular weight excluding hydrogens is 282 g/mol.